The molecule has 0 aromatic carbocycles. The Kier molecular flexibility index (Phi) is 4.25. The zero-order valence-electron chi connectivity index (χ0n) is 7.38. The topological polar surface area (TPSA) is 46.2 Å². The van der Waals surface area contributed by atoms with E-state index in [1.54, 1.807) is 0 Å². The van der Waals surface area contributed by atoms with Crippen molar-refractivity contribution >= 4 is 38.7 Å². The molecule has 1 N–H and O–H groups in total. The second-order valence-corrected chi connectivity index (χ2v) is 5.10. The maximum atomic E-state index is 11.4. The molecule has 0 aliphatic carbocycles. The van der Waals surface area contributed by atoms with Crippen LogP contribution in [0.25, 0.3) is 0 Å². The number of carbonyl (C=O) groups excluding carboxylic acids is 2. The van der Waals surface area contributed by atoms with Gasteiger partial charge in [0.15, 0.2) is 0 Å². The standard InChI is InChI=1S/C8H12BrNO2S/c1-2-5(9)7(11)10-6-3-4-13-8(6)12/h5-6H,2-4H2,1H3,(H,10,11). The van der Waals surface area contributed by atoms with Crippen LogP contribution in [0.5, 0.6) is 0 Å². The first kappa shape index (κ1) is 11.0. The van der Waals surface area contributed by atoms with Crippen molar-refractivity contribution in [3.8, 4) is 0 Å². The average molecular weight is 266 g/mol. The van der Waals surface area contributed by atoms with Crippen LogP contribution >= 0.6 is 27.7 Å². The average Bonchev–Trinajstić information content (AvgIpc) is 2.50. The highest BCUT2D eigenvalue weighted by atomic mass is 79.9. The first-order valence-corrected chi connectivity index (χ1v) is 6.16. The van der Waals surface area contributed by atoms with Gasteiger partial charge in [-0.25, -0.2) is 0 Å². The van der Waals surface area contributed by atoms with E-state index >= 15 is 0 Å². The molecule has 74 valence electrons. The molecule has 2 unspecified atom stereocenters. The van der Waals surface area contributed by atoms with Crippen LogP contribution in [0.3, 0.4) is 0 Å². The third-order valence-corrected chi connectivity index (χ3v) is 3.97. The summed E-state index contributed by atoms with van der Waals surface area (Å²) in [6, 6.07) is -0.260. The summed E-state index contributed by atoms with van der Waals surface area (Å²) in [5, 5.41) is 2.81. The van der Waals surface area contributed by atoms with Gasteiger partial charge in [0.1, 0.15) is 0 Å². The molecule has 1 aliphatic heterocycles. The van der Waals surface area contributed by atoms with E-state index in [4.69, 9.17) is 0 Å². The number of carbonyl (C=O) groups is 2. The van der Waals surface area contributed by atoms with Crippen molar-refractivity contribution in [2.24, 2.45) is 0 Å². The lowest BCUT2D eigenvalue weighted by Crippen LogP contribution is -2.41. The number of nitrogens with one attached hydrogen (secondary N) is 1. The van der Waals surface area contributed by atoms with E-state index in [2.05, 4.69) is 21.2 Å². The zero-order valence-corrected chi connectivity index (χ0v) is 9.78. The van der Waals surface area contributed by atoms with E-state index in [9.17, 15) is 9.59 Å². The summed E-state index contributed by atoms with van der Waals surface area (Å²) in [5.41, 5.74) is 0. The third-order valence-electron chi connectivity index (χ3n) is 1.89. The minimum Gasteiger partial charge on any atom is -0.344 e. The summed E-state index contributed by atoms with van der Waals surface area (Å²) < 4.78 is 0. The number of hydrogen-bond acceptors (Lipinski definition) is 3. The van der Waals surface area contributed by atoms with Crippen molar-refractivity contribution in [3.63, 3.8) is 0 Å². The molecule has 0 aromatic heterocycles. The fourth-order valence-corrected chi connectivity index (χ4v) is 2.14. The minimum atomic E-state index is -0.260. The molecule has 2 atom stereocenters. The molecule has 1 saturated heterocycles. The molecule has 0 spiro atoms. The van der Waals surface area contributed by atoms with Crippen molar-refractivity contribution in [3.05, 3.63) is 0 Å². The highest BCUT2D eigenvalue weighted by molar-refractivity contribution is 9.10. The second-order valence-electron chi connectivity index (χ2n) is 2.89. The Morgan fingerprint density at radius 3 is 3.00 bits per heavy atom. The molecule has 0 saturated carbocycles. The molecule has 0 radical (unpaired) electrons. The fraction of sp³-hybridized carbons (Fsp3) is 0.750. The normalized spacial score (nSPS) is 24.5. The highest BCUT2D eigenvalue weighted by Gasteiger charge is 2.28. The largest absolute Gasteiger partial charge is 0.344 e. The molecule has 13 heavy (non-hydrogen) atoms. The summed E-state index contributed by atoms with van der Waals surface area (Å²) in [6.45, 7) is 1.92. The summed E-state index contributed by atoms with van der Waals surface area (Å²) in [5.74, 6) is 0.742. The molecular weight excluding hydrogens is 254 g/mol. The third kappa shape index (κ3) is 2.98. The summed E-state index contributed by atoms with van der Waals surface area (Å²) >= 11 is 4.54. The Hall–Kier alpha value is -0.0300. The van der Waals surface area contributed by atoms with Crippen LogP contribution in [0.2, 0.25) is 0 Å². The number of rotatable bonds is 3. The lowest BCUT2D eigenvalue weighted by Gasteiger charge is -2.12. The SMILES string of the molecule is CCC(Br)C(=O)NC1CCSC1=O. The van der Waals surface area contributed by atoms with Crippen LogP contribution < -0.4 is 5.32 Å². The lowest BCUT2D eigenvalue weighted by atomic mass is 10.2. The van der Waals surface area contributed by atoms with Gasteiger partial charge in [-0.15, -0.1) is 0 Å². The van der Waals surface area contributed by atoms with Gasteiger partial charge >= 0.3 is 0 Å². The van der Waals surface area contributed by atoms with Crippen molar-refractivity contribution in [1.29, 1.82) is 0 Å². The van der Waals surface area contributed by atoms with E-state index in [0.717, 1.165) is 18.6 Å². The van der Waals surface area contributed by atoms with Gasteiger partial charge in [0.25, 0.3) is 0 Å². The predicted octanol–water partition coefficient (Wildman–Crippen LogP) is 1.31. The Labute approximate surface area is 90.2 Å². The molecule has 1 amide bonds. The van der Waals surface area contributed by atoms with Gasteiger partial charge in [-0.1, -0.05) is 34.6 Å². The van der Waals surface area contributed by atoms with E-state index in [0.29, 0.717) is 0 Å². The van der Waals surface area contributed by atoms with Crippen molar-refractivity contribution in [2.45, 2.75) is 30.6 Å². The Balaban J connectivity index is 2.39. The minimum absolute atomic E-state index is 0.0802. The van der Waals surface area contributed by atoms with Crippen LogP contribution in [0, 0.1) is 0 Å². The molecule has 5 heteroatoms. The summed E-state index contributed by atoms with van der Waals surface area (Å²) in [7, 11) is 0. The van der Waals surface area contributed by atoms with E-state index in [1.165, 1.54) is 11.8 Å². The van der Waals surface area contributed by atoms with E-state index in [1.807, 2.05) is 6.92 Å². The van der Waals surface area contributed by atoms with Crippen LogP contribution in [0.1, 0.15) is 19.8 Å². The maximum absolute atomic E-state index is 11.4. The molecule has 1 aliphatic rings. The number of hydrogen-bond donors (Lipinski definition) is 1. The molecule has 1 fully saturated rings. The van der Waals surface area contributed by atoms with Crippen molar-refractivity contribution in [2.75, 3.05) is 5.75 Å². The van der Waals surface area contributed by atoms with Gasteiger partial charge in [0, 0.05) is 5.75 Å². The number of amides is 1. The Morgan fingerprint density at radius 2 is 2.54 bits per heavy atom. The Morgan fingerprint density at radius 1 is 1.85 bits per heavy atom. The molecule has 0 bridgehead atoms. The lowest BCUT2D eigenvalue weighted by molar-refractivity contribution is -0.124. The molecule has 0 aromatic rings. The van der Waals surface area contributed by atoms with Crippen LogP contribution in [0.15, 0.2) is 0 Å². The van der Waals surface area contributed by atoms with Crippen LogP contribution in [0.4, 0.5) is 0 Å². The van der Waals surface area contributed by atoms with Gasteiger partial charge in [-0.3, -0.25) is 9.59 Å². The smallest absolute Gasteiger partial charge is 0.234 e. The van der Waals surface area contributed by atoms with Gasteiger partial charge in [0.05, 0.1) is 10.9 Å². The second kappa shape index (κ2) is 5.00. The summed E-state index contributed by atoms with van der Waals surface area (Å²) in [6.07, 6.45) is 1.50. The first-order chi connectivity index (χ1) is 6.15. The number of thioether (sulfide) groups is 1. The highest BCUT2D eigenvalue weighted by Crippen LogP contribution is 2.19. The van der Waals surface area contributed by atoms with Crippen molar-refractivity contribution < 1.29 is 9.59 Å². The molecule has 1 heterocycles. The number of alkyl halides is 1. The fourth-order valence-electron chi connectivity index (χ4n) is 1.07. The molecule has 1 rings (SSSR count). The monoisotopic (exact) mass is 265 g/mol. The van der Waals surface area contributed by atoms with Gasteiger partial charge < -0.3 is 5.32 Å². The Bertz CT molecular complexity index is 222. The van der Waals surface area contributed by atoms with Crippen LogP contribution in [-0.4, -0.2) is 27.6 Å². The predicted molar refractivity (Wildman–Crippen MR) is 57.0 cm³/mol. The maximum Gasteiger partial charge on any atom is 0.234 e. The molecule has 3 nitrogen and oxygen atoms in total. The van der Waals surface area contributed by atoms with Gasteiger partial charge in [-0.05, 0) is 12.8 Å². The van der Waals surface area contributed by atoms with Crippen LogP contribution in [-0.2, 0) is 9.59 Å². The van der Waals surface area contributed by atoms with E-state index < -0.39 is 0 Å². The summed E-state index contributed by atoms with van der Waals surface area (Å²) in [4.78, 5) is 22.3. The molecular formula is C8H12BrNO2S. The zero-order chi connectivity index (χ0) is 9.84. The van der Waals surface area contributed by atoms with E-state index in [-0.39, 0.29) is 21.9 Å². The van der Waals surface area contributed by atoms with Gasteiger partial charge in [0.2, 0.25) is 11.0 Å². The first-order valence-electron chi connectivity index (χ1n) is 4.26. The quantitative estimate of drug-likeness (QED) is 0.783. The van der Waals surface area contributed by atoms with Gasteiger partial charge in [-0.2, -0.15) is 0 Å². The number of halogens is 1. The van der Waals surface area contributed by atoms with Crippen molar-refractivity contribution in [1.82, 2.24) is 5.32 Å².